The normalized spacial score (nSPS) is 22.4. The van der Waals surface area contributed by atoms with Crippen molar-refractivity contribution in [1.29, 1.82) is 0 Å². The predicted molar refractivity (Wildman–Crippen MR) is 78.1 cm³/mol. The number of benzene rings is 1. The summed E-state index contributed by atoms with van der Waals surface area (Å²) in [4.78, 5) is 12.1. The summed E-state index contributed by atoms with van der Waals surface area (Å²) in [6, 6.07) is 7.74. The highest BCUT2D eigenvalue weighted by atomic mass is 35.5. The van der Waals surface area contributed by atoms with Crippen LogP contribution in [0.5, 0.6) is 0 Å². The second kappa shape index (κ2) is 6.92. The number of nitrogens with two attached hydrogens (primary N) is 1. The SMILES string of the molecule is NC[C@H]1CCC[C@H]1C(=O)NCCc1ccc(Cl)cc1. The lowest BCUT2D eigenvalue weighted by Crippen LogP contribution is -2.36. The first kappa shape index (κ1) is 14.4. The maximum absolute atomic E-state index is 12.1. The molecule has 1 aromatic carbocycles. The second-order valence-electron chi connectivity index (χ2n) is 5.20. The number of rotatable bonds is 5. The van der Waals surface area contributed by atoms with Gasteiger partial charge < -0.3 is 11.1 Å². The van der Waals surface area contributed by atoms with Gasteiger partial charge in [-0.25, -0.2) is 0 Å². The Morgan fingerprint density at radius 3 is 2.74 bits per heavy atom. The van der Waals surface area contributed by atoms with E-state index in [0.717, 1.165) is 30.7 Å². The molecule has 3 nitrogen and oxygen atoms in total. The molecule has 0 aliphatic heterocycles. The molecule has 0 radical (unpaired) electrons. The van der Waals surface area contributed by atoms with E-state index in [2.05, 4.69) is 5.32 Å². The Morgan fingerprint density at radius 2 is 2.05 bits per heavy atom. The van der Waals surface area contributed by atoms with Crippen LogP contribution in [-0.2, 0) is 11.2 Å². The second-order valence-corrected chi connectivity index (χ2v) is 5.64. The number of carbonyl (C=O) groups is 1. The topological polar surface area (TPSA) is 55.1 Å². The largest absolute Gasteiger partial charge is 0.356 e. The van der Waals surface area contributed by atoms with Crippen molar-refractivity contribution < 1.29 is 4.79 Å². The van der Waals surface area contributed by atoms with Gasteiger partial charge in [0.15, 0.2) is 0 Å². The quantitative estimate of drug-likeness (QED) is 0.870. The van der Waals surface area contributed by atoms with Crippen molar-refractivity contribution in [3.05, 3.63) is 34.9 Å². The van der Waals surface area contributed by atoms with Crippen molar-refractivity contribution in [2.75, 3.05) is 13.1 Å². The zero-order chi connectivity index (χ0) is 13.7. The monoisotopic (exact) mass is 280 g/mol. The van der Waals surface area contributed by atoms with Crippen LogP contribution in [0.4, 0.5) is 0 Å². The molecule has 1 aromatic rings. The van der Waals surface area contributed by atoms with Gasteiger partial charge in [0.2, 0.25) is 5.91 Å². The zero-order valence-electron chi connectivity index (χ0n) is 11.1. The summed E-state index contributed by atoms with van der Waals surface area (Å²) in [5.74, 6) is 0.660. The molecule has 1 aliphatic rings. The van der Waals surface area contributed by atoms with Crippen LogP contribution < -0.4 is 11.1 Å². The van der Waals surface area contributed by atoms with Crippen molar-refractivity contribution in [2.45, 2.75) is 25.7 Å². The van der Waals surface area contributed by atoms with Crippen LogP contribution in [-0.4, -0.2) is 19.0 Å². The van der Waals surface area contributed by atoms with E-state index in [1.807, 2.05) is 24.3 Å². The number of hydrogen-bond acceptors (Lipinski definition) is 2. The summed E-state index contributed by atoms with van der Waals surface area (Å²) in [5.41, 5.74) is 6.89. The van der Waals surface area contributed by atoms with E-state index in [1.165, 1.54) is 5.56 Å². The summed E-state index contributed by atoms with van der Waals surface area (Å²) in [6.07, 6.45) is 4.03. The summed E-state index contributed by atoms with van der Waals surface area (Å²) in [6.45, 7) is 1.30. The number of amides is 1. The summed E-state index contributed by atoms with van der Waals surface area (Å²) < 4.78 is 0. The first-order valence-electron chi connectivity index (χ1n) is 6.93. The molecule has 19 heavy (non-hydrogen) atoms. The van der Waals surface area contributed by atoms with E-state index in [4.69, 9.17) is 17.3 Å². The molecule has 104 valence electrons. The average Bonchev–Trinajstić information content (AvgIpc) is 2.89. The molecular formula is C15H21ClN2O. The van der Waals surface area contributed by atoms with Crippen molar-refractivity contribution >= 4 is 17.5 Å². The highest BCUT2D eigenvalue weighted by Gasteiger charge is 2.31. The molecule has 2 atom stereocenters. The van der Waals surface area contributed by atoms with Gasteiger partial charge in [-0.15, -0.1) is 0 Å². The molecule has 1 amide bonds. The Balaban J connectivity index is 1.76. The van der Waals surface area contributed by atoms with E-state index in [9.17, 15) is 4.79 Å². The third-order valence-corrected chi connectivity index (χ3v) is 4.18. The molecule has 2 rings (SSSR count). The van der Waals surface area contributed by atoms with Gasteiger partial charge in [0, 0.05) is 17.5 Å². The van der Waals surface area contributed by atoms with E-state index >= 15 is 0 Å². The Bertz CT molecular complexity index is 419. The van der Waals surface area contributed by atoms with E-state index < -0.39 is 0 Å². The molecule has 1 fully saturated rings. The zero-order valence-corrected chi connectivity index (χ0v) is 11.8. The number of hydrogen-bond donors (Lipinski definition) is 2. The lowest BCUT2D eigenvalue weighted by Gasteiger charge is -2.17. The van der Waals surface area contributed by atoms with E-state index in [-0.39, 0.29) is 11.8 Å². The molecule has 4 heteroatoms. The molecule has 1 saturated carbocycles. The lowest BCUT2D eigenvalue weighted by atomic mass is 9.95. The van der Waals surface area contributed by atoms with Gasteiger partial charge in [0.05, 0.1) is 0 Å². The molecule has 0 aromatic heterocycles. The van der Waals surface area contributed by atoms with Crippen LogP contribution in [0.25, 0.3) is 0 Å². The minimum atomic E-state index is 0.121. The minimum Gasteiger partial charge on any atom is -0.356 e. The molecule has 0 unspecified atom stereocenters. The average molecular weight is 281 g/mol. The predicted octanol–water partition coefficient (Wildman–Crippen LogP) is 2.37. The summed E-state index contributed by atoms with van der Waals surface area (Å²) in [5, 5.41) is 3.76. The highest BCUT2D eigenvalue weighted by Crippen LogP contribution is 2.30. The third kappa shape index (κ3) is 3.95. The molecular weight excluding hydrogens is 260 g/mol. The van der Waals surface area contributed by atoms with Crippen molar-refractivity contribution in [3.8, 4) is 0 Å². The Morgan fingerprint density at radius 1 is 1.32 bits per heavy atom. The molecule has 0 saturated heterocycles. The van der Waals surface area contributed by atoms with Crippen LogP contribution >= 0.6 is 11.6 Å². The van der Waals surface area contributed by atoms with Crippen LogP contribution in [0, 0.1) is 11.8 Å². The van der Waals surface area contributed by atoms with Crippen molar-refractivity contribution in [3.63, 3.8) is 0 Å². The Labute approximate surface area is 119 Å². The first-order chi connectivity index (χ1) is 9.20. The number of nitrogens with one attached hydrogen (secondary N) is 1. The molecule has 0 bridgehead atoms. The maximum atomic E-state index is 12.1. The van der Waals surface area contributed by atoms with Crippen LogP contribution in [0.1, 0.15) is 24.8 Å². The highest BCUT2D eigenvalue weighted by molar-refractivity contribution is 6.30. The van der Waals surface area contributed by atoms with Gasteiger partial charge in [-0.1, -0.05) is 30.2 Å². The minimum absolute atomic E-state index is 0.121. The molecule has 3 N–H and O–H groups in total. The standard InChI is InChI=1S/C15H21ClN2O/c16-13-6-4-11(5-7-13)8-9-18-15(19)14-3-1-2-12(14)10-17/h4-7,12,14H,1-3,8-10,17H2,(H,18,19)/t12-,14-/m1/s1. The molecule has 1 aliphatic carbocycles. The van der Waals surface area contributed by atoms with Gasteiger partial charge in [-0.2, -0.15) is 0 Å². The maximum Gasteiger partial charge on any atom is 0.223 e. The summed E-state index contributed by atoms with van der Waals surface area (Å²) in [7, 11) is 0. The Kier molecular flexibility index (Phi) is 5.23. The molecule has 0 spiro atoms. The first-order valence-corrected chi connectivity index (χ1v) is 7.30. The third-order valence-electron chi connectivity index (χ3n) is 3.92. The van der Waals surface area contributed by atoms with Crippen molar-refractivity contribution in [1.82, 2.24) is 5.32 Å². The Hall–Kier alpha value is -1.06. The number of halogens is 1. The van der Waals surface area contributed by atoms with Crippen LogP contribution in [0.2, 0.25) is 5.02 Å². The molecule has 0 heterocycles. The van der Waals surface area contributed by atoms with E-state index in [0.29, 0.717) is 19.0 Å². The fraction of sp³-hybridized carbons (Fsp3) is 0.533. The van der Waals surface area contributed by atoms with Gasteiger partial charge >= 0.3 is 0 Å². The van der Waals surface area contributed by atoms with Crippen molar-refractivity contribution in [2.24, 2.45) is 17.6 Å². The smallest absolute Gasteiger partial charge is 0.223 e. The summed E-state index contributed by atoms with van der Waals surface area (Å²) >= 11 is 5.83. The van der Waals surface area contributed by atoms with Gasteiger partial charge in [0.1, 0.15) is 0 Å². The van der Waals surface area contributed by atoms with Gasteiger partial charge in [0.25, 0.3) is 0 Å². The fourth-order valence-corrected chi connectivity index (χ4v) is 2.90. The fourth-order valence-electron chi connectivity index (χ4n) is 2.78. The van der Waals surface area contributed by atoms with Crippen LogP contribution in [0.3, 0.4) is 0 Å². The van der Waals surface area contributed by atoms with Gasteiger partial charge in [-0.05, 0) is 49.4 Å². The van der Waals surface area contributed by atoms with Gasteiger partial charge in [-0.3, -0.25) is 4.79 Å². The van der Waals surface area contributed by atoms with E-state index in [1.54, 1.807) is 0 Å². The number of carbonyl (C=O) groups excluding carboxylic acids is 1. The van der Waals surface area contributed by atoms with Crippen LogP contribution in [0.15, 0.2) is 24.3 Å². The lowest BCUT2D eigenvalue weighted by molar-refractivity contribution is -0.125.